The lowest BCUT2D eigenvalue weighted by atomic mass is 9.97. The Morgan fingerprint density at radius 2 is 0.981 bits per heavy atom. The van der Waals surface area contributed by atoms with Crippen LogP contribution in [0, 0.1) is 5.92 Å². The van der Waals surface area contributed by atoms with E-state index in [1.54, 1.807) is 12.1 Å². The van der Waals surface area contributed by atoms with Crippen molar-refractivity contribution in [1.29, 1.82) is 0 Å². The molecule has 10 nitrogen and oxygen atoms in total. The minimum atomic E-state index is -0.520. The molecule has 0 aromatic heterocycles. The standard InChI is InChI=1S/C42H66N4O6/c1-4-7-9-11-14-19-25-33-27-22-29-35(47)38(33)41(51)45-43-37(49)31-21-17-13-16-18-24-32(6-3)40(50)44-46-42(52)39-34(28-23-30-36(39)48)26-20-15-12-10-8-5-2/h22-23,27-30,32,47-48H,4-21,24-26,31H2,1-3H3,(H,43,49)(H,44,50)(H,45,51)(H,46,52). The second kappa shape index (κ2) is 26.7. The highest BCUT2D eigenvalue weighted by molar-refractivity contribution is 6.00. The molecule has 1 atom stereocenters. The van der Waals surface area contributed by atoms with E-state index < -0.39 is 11.8 Å². The van der Waals surface area contributed by atoms with Gasteiger partial charge in [-0.1, -0.05) is 135 Å². The first-order chi connectivity index (χ1) is 25.2. The Hall–Kier alpha value is -4.08. The van der Waals surface area contributed by atoms with Gasteiger partial charge in [-0.05, 0) is 68.2 Å². The number of unbranched alkanes of at least 4 members (excludes halogenated alkanes) is 14. The van der Waals surface area contributed by atoms with Crippen LogP contribution in [-0.4, -0.2) is 33.8 Å². The predicted octanol–water partition coefficient (Wildman–Crippen LogP) is 8.88. The van der Waals surface area contributed by atoms with E-state index >= 15 is 0 Å². The van der Waals surface area contributed by atoms with Gasteiger partial charge in [0.15, 0.2) is 0 Å². The molecule has 4 amide bonds. The molecule has 0 fully saturated rings. The molecule has 10 heteroatoms. The highest BCUT2D eigenvalue weighted by Gasteiger charge is 2.20. The van der Waals surface area contributed by atoms with Crippen LogP contribution in [-0.2, 0) is 22.4 Å². The number of carbonyl (C=O) groups excluding carboxylic acids is 4. The third kappa shape index (κ3) is 17.0. The molecule has 1 unspecified atom stereocenters. The molecule has 0 heterocycles. The maximum absolute atomic E-state index is 13.0. The van der Waals surface area contributed by atoms with E-state index in [0.717, 1.165) is 75.3 Å². The van der Waals surface area contributed by atoms with Crippen LogP contribution in [0.3, 0.4) is 0 Å². The highest BCUT2D eigenvalue weighted by atomic mass is 16.3. The molecular weight excluding hydrogens is 656 g/mol. The molecule has 0 aliphatic rings. The summed E-state index contributed by atoms with van der Waals surface area (Å²) >= 11 is 0. The fraction of sp³-hybridized carbons (Fsp3) is 0.619. The zero-order valence-electron chi connectivity index (χ0n) is 32.1. The van der Waals surface area contributed by atoms with Gasteiger partial charge in [0.25, 0.3) is 11.8 Å². The highest BCUT2D eigenvalue weighted by Crippen LogP contribution is 2.24. The summed E-state index contributed by atoms with van der Waals surface area (Å²) in [4.78, 5) is 51.1. The van der Waals surface area contributed by atoms with E-state index in [0.29, 0.717) is 32.1 Å². The fourth-order valence-electron chi connectivity index (χ4n) is 6.57. The quantitative estimate of drug-likeness (QED) is 0.0421. The van der Waals surface area contributed by atoms with Crippen molar-refractivity contribution in [3.05, 3.63) is 58.7 Å². The Bertz CT molecular complexity index is 1360. The number of hydrogen-bond donors (Lipinski definition) is 6. The summed E-state index contributed by atoms with van der Waals surface area (Å²) in [6.45, 7) is 6.32. The second-order valence-electron chi connectivity index (χ2n) is 14.0. The number of nitrogens with one attached hydrogen (secondary N) is 4. The van der Waals surface area contributed by atoms with Gasteiger partial charge >= 0.3 is 0 Å². The molecule has 2 aromatic carbocycles. The number of carbonyl (C=O) groups is 4. The number of rotatable bonds is 26. The first kappa shape index (κ1) is 44.1. The summed E-state index contributed by atoms with van der Waals surface area (Å²) in [7, 11) is 0. The Balaban J connectivity index is 1.65. The van der Waals surface area contributed by atoms with Crippen molar-refractivity contribution in [2.75, 3.05) is 0 Å². The largest absolute Gasteiger partial charge is 0.507 e. The van der Waals surface area contributed by atoms with E-state index in [1.165, 1.54) is 50.7 Å². The van der Waals surface area contributed by atoms with E-state index in [9.17, 15) is 29.4 Å². The molecular formula is C42H66N4O6. The molecule has 0 radical (unpaired) electrons. The fourth-order valence-corrected chi connectivity index (χ4v) is 6.57. The number of phenols is 2. The van der Waals surface area contributed by atoms with Crippen molar-refractivity contribution in [2.45, 2.75) is 162 Å². The first-order valence-corrected chi connectivity index (χ1v) is 20.0. The SMILES string of the molecule is CCCCCCCCc1cccc(O)c1C(=O)NNC(=O)CCCCCCCC(CC)C(=O)NNC(=O)c1c(O)cccc1CCCCCCCC. The van der Waals surface area contributed by atoms with E-state index in [1.807, 2.05) is 19.1 Å². The van der Waals surface area contributed by atoms with Crippen LogP contribution in [0.1, 0.15) is 181 Å². The maximum atomic E-state index is 13.0. The second-order valence-corrected chi connectivity index (χ2v) is 14.0. The van der Waals surface area contributed by atoms with Crippen molar-refractivity contribution in [2.24, 2.45) is 5.92 Å². The van der Waals surface area contributed by atoms with Crippen LogP contribution in [0.25, 0.3) is 0 Å². The molecule has 52 heavy (non-hydrogen) atoms. The van der Waals surface area contributed by atoms with Gasteiger partial charge in [0.1, 0.15) is 11.5 Å². The van der Waals surface area contributed by atoms with Gasteiger partial charge in [-0.25, -0.2) is 0 Å². The van der Waals surface area contributed by atoms with Gasteiger partial charge in [0, 0.05) is 12.3 Å². The van der Waals surface area contributed by atoms with Crippen molar-refractivity contribution < 1.29 is 29.4 Å². The summed E-state index contributed by atoms with van der Waals surface area (Å²) in [5, 5.41) is 20.8. The average Bonchev–Trinajstić information content (AvgIpc) is 3.13. The van der Waals surface area contributed by atoms with Gasteiger partial charge in [0.2, 0.25) is 11.8 Å². The van der Waals surface area contributed by atoms with Crippen molar-refractivity contribution in [3.63, 3.8) is 0 Å². The monoisotopic (exact) mass is 722 g/mol. The zero-order chi connectivity index (χ0) is 38.0. The third-order valence-corrected chi connectivity index (χ3v) is 9.75. The van der Waals surface area contributed by atoms with Crippen LogP contribution in [0.15, 0.2) is 36.4 Å². The van der Waals surface area contributed by atoms with Gasteiger partial charge < -0.3 is 10.2 Å². The smallest absolute Gasteiger partial charge is 0.273 e. The van der Waals surface area contributed by atoms with Gasteiger partial charge in [-0.2, -0.15) is 0 Å². The van der Waals surface area contributed by atoms with E-state index in [-0.39, 0.29) is 46.8 Å². The summed E-state index contributed by atoms with van der Waals surface area (Å²) < 4.78 is 0. The Morgan fingerprint density at radius 3 is 1.48 bits per heavy atom. The summed E-state index contributed by atoms with van der Waals surface area (Å²) in [6.07, 6.45) is 20.7. The number of hydrogen-bond acceptors (Lipinski definition) is 6. The lowest BCUT2D eigenvalue weighted by Gasteiger charge is -2.17. The zero-order valence-corrected chi connectivity index (χ0v) is 32.1. The van der Waals surface area contributed by atoms with Crippen LogP contribution < -0.4 is 21.7 Å². The lowest BCUT2D eigenvalue weighted by molar-refractivity contribution is -0.126. The predicted molar refractivity (Wildman–Crippen MR) is 208 cm³/mol. The average molecular weight is 723 g/mol. The lowest BCUT2D eigenvalue weighted by Crippen LogP contribution is -2.44. The topological polar surface area (TPSA) is 157 Å². The summed E-state index contributed by atoms with van der Waals surface area (Å²) in [5.74, 6) is -2.01. The molecule has 290 valence electrons. The van der Waals surface area contributed by atoms with Crippen LogP contribution in [0.2, 0.25) is 0 Å². The minimum Gasteiger partial charge on any atom is -0.507 e. The number of hydrazine groups is 2. The first-order valence-electron chi connectivity index (χ1n) is 20.0. The molecule has 0 saturated carbocycles. The molecule has 0 aliphatic heterocycles. The third-order valence-electron chi connectivity index (χ3n) is 9.75. The van der Waals surface area contributed by atoms with Crippen LogP contribution in [0.5, 0.6) is 11.5 Å². The molecule has 0 spiro atoms. The van der Waals surface area contributed by atoms with Gasteiger partial charge in [-0.15, -0.1) is 0 Å². The molecule has 6 N–H and O–H groups in total. The Morgan fingerprint density at radius 1 is 0.538 bits per heavy atom. The number of benzene rings is 2. The number of phenolic OH excluding ortho intramolecular Hbond substituents is 2. The van der Waals surface area contributed by atoms with Crippen LogP contribution >= 0.6 is 0 Å². The molecule has 0 bridgehead atoms. The normalized spacial score (nSPS) is 11.5. The molecule has 0 saturated heterocycles. The Labute approximate surface area is 312 Å². The van der Waals surface area contributed by atoms with Crippen molar-refractivity contribution in [3.8, 4) is 11.5 Å². The number of aryl methyl sites for hydroxylation is 2. The van der Waals surface area contributed by atoms with Crippen molar-refractivity contribution >= 4 is 23.6 Å². The number of aromatic hydroxyl groups is 2. The molecule has 2 aromatic rings. The Kier molecular flexibility index (Phi) is 22.6. The van der Waals surface area contributed by atoms with Gasteiger partial charge in [0.05, 0.1) is 11.1 Å². The molecule has 0 aliphatic carbocycles. The number of amides is 4. The summed E-state index contributed by atoms with van der Waals surface area (Å²) in [5.41, 5.74) is 12.0. The van der Waals surface area contributed by atoms with Crippen molar-refractivity contribution in [1.82, 2.24) is 21.7 Å². The van der Waals surface area contributed by atoms with Crippen LogP contribution in [0.4, 0.5) is 0 Å². The summed E-state index contributed by atoms with van der Waals surface area (Å²) in [6, 6.07) is 10.2. The minimum absolute atomic E-state index is 0.0929. The van der Waals surface area contributed by atoms with E-state index in [2.05, 4.69) is 35.6 Å². The van der Waals surface area contributed by atoms with Gasteiger partial charge in [-0.3, -0.25) is 40.9 Å². The van der Waals surface area contributed by atoms with E-state index in [4.69, 9.17) is 0 Å². The molecule has 2 rings (SSSR count). The maximum Gasteiger partial charge on any atom is 0.273 e.